The van der Waals surface area contributed by atoms with E-state index in [1.807, 2.05) is 7.05 Å². The van der Waals surface area contributed by atoms with Gasteiger partial charge in [0.15, 0.2) is 6.23 Å². The van der Waals surface area contributed by atoms with Crippen molar-refractivity contribution in [2.75, 3.05) is 33.4 Å². The number of carbonyl (C=O) groups is 1. The average Bonchev–Trinajstić information content (AvgIpc) is 3.80. The first-order valence-electron chi connectivity index (χ1n) is 28.0. The van der Waals surface area contributed by atoms with E-state index in [0.717, 1.165) is 70.9 Å². The molecule has 1 amide bonds. The second-order valence-corrected chi connectivity index (χ2v) is 23.4. The number of unbranched alkanes of at least 4 members (excludes halogenated alkanes) is 20. The zero-order chi connectivity index (χ0) is 50.9. The van der Waals surface area contributed by atoms with Crippen LogP contribution in [0.4, 0.5) is 0 Å². The summed E-state index contributed by atoms with van der Waals surface area (Å²) in [5.74, 6) is -0.386. The molecule has 2 unspecified atom stereocenters. The normalized spacial score (nSPS) is 19.5. The lowest BCUT2D eigenvalue weighted by atomic mass is 9.96. The number of allylic oxidation sites excluding steroid dienone is 8. The van der Waals surface area contributed by atoms with E-state index in [-0.39, 0.29) is 12.2 Å². The van der Waals surface area contributed by atoms with Crippen molar-refractivity contribution in [2.24, 2.45) is 0 Å². The first-order chi connectivity index (χ1) is 34.0. The van der Waals surface area contributed by atoms with Crippen molar-refractivity contribution in [2.45, 2.75) is 257 Å². The zero-order valence-corrected chi connectivity index (χ0v) is 46.2. The van der Waals surface area contributed by atoms with Gasteiger partial charge in [-0.25, -0.2) is 4.68 Å². The molecule has 1 fully saturated rings. The van der Waals surface area contributed by atoms with Gasteiger partial charge in [-0.2, -0.15) is 0 Å². The molecule has 4 N–H and O–H groups in total. The summed E-state index contributed by atoms with van der Waals surface area (Å²) < 4.78 is 26.8. The minimum absolute atomic E-state index is 0.208. The molecule has 1 aliphatic rings. The van der Waals surface area contributed by atoms with Crippen LogP contribution in [-0.4, -0.2) is 114 Å². The predicted molar refractivity (Wildman–Crippen MR) is 288 cm³/mol. The van der Waals surface area contributed by atoms with Crippen LogP contribution in [0.5, 0.6) is 0 Å². The average molecular weight is 1000 g/mol. The number of hydrogen-bond acceptors (Lipinski definition) is 11. The van der Waals surface area contributed by atoms with Crippen LogP contribution in [0.15, 0.2) is 54.8 Å². The van der Waals surface area contributed by atoms with Gasteiger partial charge in [-0.3, -0.25) is 4.79 Å². The van der Waals surface area contributed by atoms with E-state index < -0.39 is 45.7 Å². The highest BCUT2D eigenvalue weighted by atomic mass is 28.4. The highest BCUT2D eigenvalue weighted by Crippen LogP contribution is 2.28. The third-order valence-electron chi connectivity index (χ3n) is 12.9. The van der Waals surface area contributed by atoms with E-state index in [9.17, 15) is 20.1 Å². The van der Waals surface area contributed by atoms with Crippen LogP contribution in [0.2, 0.25) is 13.1 Å². The van der Waals surface area contributed by atoms with Crippen LogP contribution < -0.4 is 5.32 Å². The lowest BCUT2D eigenvalue weighted by Gasteiger charge is -2.42. The molecule has 0 aliphatic carbocycles. The lowest BCUT2D eigenvalue weighted by Crippen LogP contribution is -2.62. The Bertz CT molecular complexity index is 1520. The van der Waals surface area contributed by atoms with Gasteiger partial charge in [-0.1, -0.05) is 151 Å². The summed E-state index contributed by atoms with van der Waals surface area (Å²) >= 11 is 0. The number of rotatable bonds is 45. The summed E-state index contributed by atoms with van der Waals surface area (Å²) in [7, 11) is -0.353. The number of carbonyl (C=O) groups excluding carboxylic acids is 1. The van der Waals surface area contributed by atoms with Gasteiger partial charge in [0.1, 0.15) is 30.6 Å². The van der Waals surface area contributed by atoms with Crippen LogP contribution in [0.1, 0.15) is 212 Å². The van der Waals surface area contributed by atoms with Crippen LogP contribution >= 0.6 is 0 Å². The van der Waals surface area contributed by atoms with Crippen molar-refractivity contribution in [1.29, 1.82) is 0 Å². The number of aromatic nitrogens is 3. The lowest BCUT2D eigenvalue weighted by molar-refractivity contribution is -0.219. The largest absolute Gasteiger partial charge is 0.394 e. The second-order valence-electron chi connectivity index (χ2n) is 20.1. The first kappa shape index (κ1) is 63.6. The second kappa shape index (κ2) is 41.9. The van der Waals surface area contributed by atoms with E-state index in [4.69, 9.17) is 18.3 Å². The third kappa shape index (κ3) is 31.8. The smallest absolute Gasteiger partial charge is 0.333 e. The Morgan fingerprint density at radius 3 is 1.81 bits per heavy atom. The monoisotopic (exact) mass is 1000 g/mol. The quantitative estimate of drug-likeness (QED) is 0.0213. The van der Waals surface area contributed by atoms with Crippen molar-refractivity contribution in [3.8, 4) is 0 Å². The Morgan fingerprint density at radius 1 is 0.743 bits per heavy atom. The molecular weight excluding hydrogens is 899 g/mol. The molecule has 0 aromatic carbocycles. The summed E-state index contributed by atoms with van der Waals surface area (Å²) in [6, 6.07) is -0.961. The first-order valence-corrected chi connectivity index (χ1v) is 30.8. The van der Waals surface area contributed by atoms with Gasteiger partial charge in [0.25, 0.3) is 0 Å². The van der Waals surface area contributed by atoms with Crippen molar-refractivity contribution < 1.29 is 38.4 Å². The Morgan fingerprint density at radius 2 is 1.26 bits per heavy atom. The third-order valence-corrected chi connectivity index (χ3v) is 14.6. The van der Waals surface area contributed by atoms with Gasteiger partial charge in [0.2, 0.25) is 5.91 Å². The minimum atomic E-state index is -2.39. The maximum absolute atomic E-state index is 11.9. The minimum Gasteiger partial charge on any atom is -0.394 e. The highest BCUT2D eigenvalue weighted by Gasteiger charge is 2.46. The van der Waals surface area contributed by atoms with Gasteiger partial charge in [0, 0.05) is 26.7 Å². The fourth-order valence-electron chi connectivity index (χ4n) is 8.69. The summed E-state index contributed by atoms with van der Waals surface area (Å²) in [6.45, 7) is 12.5. The van der Waals surface area contributed by atoms with Gasteiger partial charge < -0.3 is 43.9 Å². The molecule has 404 valence electrons. The molecule has 70 heavy (non-hydrogen) atoms. The van der Waals surface area contributed by atoms with Crippen molar-refractivity contribution in [1.82, 2.24) is 25.2 Å². The molecule has 2 rings (SSSR count). The molecule has 1 saturated heterocycles. The fraction of sp³-hybridized carbons (Fsp3) is 0.804. The zero-order valence-electron chi connectivity index (χ0n) is 45.2. The van der Waals surface area contributed by atoms with Crippen molar-refractivity contribution in [3.05, 3.63) is 60.5 Å². The Balaban J connectivity index is 1.70. The van der Waals surface area contributed by atoms with Gasteiger partial charge in [-0.15, -0.1) is 5.10 Å². The number of aliphatic hydroxyl groups excluding tert-OH is 3. The number of hydrogen-bond donors (Lipinski definition) is 4. The molecular formula is C56H103N5O8Si. The topological polar surface area (TPSA) is 161 Å². The van der Waals surface area contributed by atoms with E-state index in [1.165, 1.54) is 134 Å². The summed E-state index contributed by atoms with van der Waals surface area (Å²) in [5, 5.41) is 41.8. The van der Waals surface area contributed by atoms with E-state index >= 15 is 0 Å². The van der Waals surface area contributed by atoms with Gasteiger partial charge in [-0.05, 0) is 123 Å². The maximum atomic E-state index is 11.9. The standard InChI is InChI=1S/C56H103N5O8Si/c1-7-9-11-13-15-17-19-21-23-25-27-29-31-33-36-40-44-66-52(42-38-34-32-30-28-26-24-22-20-18-16-14-12-10-8-2)69-70(5,6)67-45-41-37-35-39-43-60(4)46-50-47-61(59-58-50)56-53(57-49(3)63)55(65)54(64)51(48-62)68-56/h15-18,21-24,47,51-56,62,64-65H,7-14,19-20,25-46,48H2,1-6H3,(H,57,63)/b17-15-,18-16-,23-21-,24-22-/t51-,52?,53-,54-,55-,56?/m1/s1. The van der Waals surface area contributed by atoms with Crippen LogP contribution in [0.25, 0.3) is 0 Å². The summed E-state index contributed by atoms with van der Waals surface area (Å²) in [5.41, 5.74) is 0.702. The predicted octanol–water partition coefficient (Wildman–Crippen LogP) is 12.1. The Labute approximate surface area is 427 Å². The van der Waals surface area contributed by atoms with Crippen molar-refractivity contribution >= 4 is 14.5 Å². The molecule has 0 bridgehead atoms. The summed E-state index contributed by atoms with van der Waals surface area (Å²) in [4.78, 5) is 14.0. The molecule has 1 aromatic rings. The maximum Gasteiger partial charge on any atom is 0.333 e. The summed E-state index contributed by atoms with van der Waals surface area (Å²) in [6.07, 6.45) is 48.8. The van der Waals surface area contributed by atoms with Crippen LogP contribution in [0, 0.1) is 0 Å². The van der Waals surface area contributed by atoms with Crippen LogP contribution in [0.3, 0.4) is 0 Å². The molecule has 0 saturated carbocycles. The molecule has 13 nitrogen and oxygen atoms in total. The number of aliphatic hydroxyl groups is 3. The molecule has 14 heteroatoms. The number of nitrogens with zero attached hydrogens (tertiary/aromatic N) is 4. The Kier molecular flexibility index (Phi) is 38.0. The van der Waals surface area contributed by atoms with E-state index in [0.29, 0.717) is 18.8 Å². The molecule has 0 spiro atoms. The van der Waals surface area contributed by atoms with Crippen molar-refractivity contribution in [3.63, 3.8) is 0 Å². The SMILES string of the molecule is CCCCC/C=C\C/C=C\CCCCCCCCOC(CCCCCCC/C=C\C/C=C\CCCCC)O[Si](C)(C)OCCCCCCN(C)Cc1cn(C2O[C@H](CO)[C@@H](O)[C@H](O)[C@H]2NC(C)=O)nn1. The molecule has 6 atom stereocenters. The Hall–Kier alpha value is -2.53. The molecule has 2 heterocycles. The molecule has 1 aromatic heterocycles. The highest BCUT2D eigenvalue weighted by molar-refractivity contribution is 6.64. The van der Waals surface area contributed by atoms with Crippen LogP contribution in [-0.2, 0) is 29.7 Å². The number of nitrogens with one attached hydrogen (secondary N) is 1. The molecule has 0 radical (unpaired) electrons. The molecule has 1 aliphatic heterocycles. The van der Waals surface area contributed by atoms with Gasteiger partial charge in [0.05, 0.1) is 18.5 Å². The number of amides is 1. The number of ether oxygens (including phenoxy) is 2. The fourth-order valence-corrected chi connectivity index (χ4v) is 10.2. The van der Waals surface area contributed by atoms with E-state index in [2.05, 4.69) is 96.1 Å². The van der Waals surface area contributed by atoms with Gasteiger partial charge >= 0.3 is 8.56 Å². The van der Waals surface area contributed by atoms with E-state index in [1.54, 1.807) is 6.20 Å².